The molecular weight excluding hydrogens is 534 g/mol. The summed E-state index contributed by atoms with van der Waals surface area (Å²) in [6.07, 6.45) is 3.24. The fraction of sp³-hybridized carbons (Fsp3) is 0.390. The number of anilines is 1. The first-order chi connectivity index (χ1) is 21.4. The van der Waals surface area contributed by atoms with Gasteiger partial charge in [0.25, 0.3) is 0 Å². The Hall–Kier alpha value is -3.69. The molecule has 0 saturated carbocycles. The highest BCUT2D eigenvalue weighted by Crippen LogP contribution is 2.25. The fourth-order valence-electron chi connectivity index (χ4n) is 5.52. The van der Waals surface area contributed by atoms with E-state index < -0.39 is 0 Å². The van der Waals surface area contributed by atoms with E-state index in [0.29, 0.717) is 0 Å². The van der Waals surface area contributed by atoms with Gasteiger partial charge in [-0.05, 0) is 80.0 Å². The minimum Gasteiger partial charge on any atom is -0.378 e. The van der Waals surface area contributed by atoms with Gasteiger partial charge in [0, 0.05) is 56.0 Å². The maximum Gasteiger partial charge on any atom is 0.208 e. The Labute approximate surface area is 269 Å². The highest BCUT2D eigenvalue weighted by molar-refractivity contribution is 5.80. The van der Waals surface area contributed by atoms with E-state index in [2.05, 4.69) is 140 Å². The fourth-order valence-corrected chi connectivity index (χ4v) is 5.52. The van der Waals surface area contributed by atoms with E-state index in [1.54, 1.807) is 0 Å². The molecule has 0 spiro atoms. The van der Waals surface area contributed by atoms with Crippen molar-refractivity contribution < 1.29 is 0 Å². The molecule has 4 aromatic carbocycles. The molecule has 3 heteroatoms. The van der Waals surface area contributed by atoms with E-state index >= 15 is 0 Å². The van der Waals surface area contributed by atoms with Crippen LogP contribution in [-0.4, -0.2) is 46.2 Å². The quantitative estimate of drug-likeness (QED) is 0.200. The van der Waals surface area contributed by atoms with Crippen LogP contribution >= 0.6 is 0 Å². The molecule has 1 aliphatic rings. The summed E-state index contributed by atoms with van der Waals surface area (Å²) in [5.41, 5.74) is 10.5. The number of nitrogens with zero attached hydrogens (tertiary/aromatic N) is 3. The molecule has 4 aromatic rings. The van der Waals surface area contributed by atoms with Crippen LogP contribution in [0.25, 0.3) is 5.57 Å². The molecule has 0 aliphatic carbocycles. The first-order valence-corrected chi connectivity index (χ1v) is 16.8. The Kier molecular flexibility index (Phi) is 15.6. The third kappa shape index (κ3) is 9.40. The lowest BCUT2D eigenvalue weighted by Gasteiger charge is -2.15. The Morgan fingerprint density at radius 1 is 0.659 bits per heavy atom. The molecule has 0 amide bonds. The van der Waals surface area contributed by atoms with Gasteiger partial charge in [0.15, 0.2) is 6.54 Å². The molecule has 0 bridgehead atoms. The Balaban J connectivity index is 0.00000106. The predicted molar refractivity (Wildman–Crippen MR) is 196 cm³/mol. The Morgan fingerprint density at radius 2 is 1.23 bits per heavy atom. The molecule has 0 N–H and O–H groups in total. The molecule has 0 aromatic heterocycles. The zero-order valence-electron chi connectivity index (χ0n) is 29.5. The summed E-state index contributed by atoms with van der Waals surface area (Å²) in [7, 11) is 8.50. The average molecular weight is 593 g/mol. The van der Waals surface area contributed by atoms with Crippen LogP contribution in [0.5, 0.6) is 0 Å². The van der Waals surface area contributed by atoms with Crippen molar-refractivity contribution in [3.8, 4) is 0 Å². The van der Waals surface area contributed by atoms with Crippen molar-refractivity contribution in [2.24, 2.45) is 0 Å². The second-order valence-electron chi connectivity index (χ2n) is 11.0. The lowest BCUT2D eigenvalue weighted by Crippen LogP contribution is -2.31. The van der Waals surface area contributed by atoms with Gasteiger partial charge in [-0.15, -0.1) is 0 Å². The standard InChI is InChI=1S/C35H40N3.3C2H6/c1-26-11-13-28(14-12-26)35(29-17-20-32(21-18-29)37(4)5)31-19-22-34-30(25-31)16-15-27-9-6-7-10-33(27)38(34)24-8-23-36(2)3;3*1-2/h6-7,9-14,17-22,25H,8,15-16,23-24H2,1-5H3;3*1-2H3/q+1;;;. The van der Waals surface area contributed by atoms with Crippen molar-refractivity contribution in [1.29, 1.82) is 0 Å². The van der Waals surface area contributed by atoms with Crippen LogP contribution in [0, 0.1) is 6.92 Å². The highest BCUT2D eigenvalue weighted by Gasteiger charge is 2.21. The zero-order chi connectivity index (χ0) is 32.6. The van der Waals surface area contributed by atoms with Crippen molar-refractivity contribution >= 4 is 16.9 Å². The molecule has 236 valence electrons. The lowest BCUT2D eigenvalue weighted by atomic mass is 9.93. The molecular formula is C41H58N3+. The minimum absolute atomic E-state index is 1.02. The van der Waals surface area contributed by atoms with Gasteiger partial charge in [-0.25, -0.2) is 0 Å². The highest BCUT2D eigenvalue weighted by atomic mass is 15.1. The van der Waals surface area contributed by atoms with Gasteiger partial charge < -0.3 is 9.80 Å². The Bertz CT molecular complexity index is 1530. The van der Waals surface area contributed by atoms with Crippen LogP contribution < -0.4 is 20.1 Å². The number of fused-ring (bicyclic) bond motifs is 2. The van der Waals surface area contributed by atoms with Crippen LogP contribution in [-0.2, 0) is 12.8 Å². The smallest absolute Gasteiger partial charge is 0.208 e. The second kappa shape index (κ2) is 18.9. The normalized spacial score (nSPS) is 12.1. The minimum atomic E-state index is 1.02. The molecule has 3 nitrogen and oxygen atoms in total. The van der Waals surface area contributed by atoms with E-state index in [0.717, 1.165) is 32.4 Å². The third-order valence-corrected chi connectivity index (χ3v) is 7.60. The van der Waals surface area contributed by atoms with E-state index in [4.69, 9.17) is 0 Å². The van der Waals surface area contributed by atoms with E-state index in [1.165, 1.54) is 55.3 Å². The van der Waals surface area contributed by atoms with Crippen molar-refractivity contribution in [3.63, 3.8) is 0 Å². The zero-order valence-corrected chi connectivity index (χ0v) is 29.5. The maximum absolute atomic E-state index is 2.56. The summed E-state index contributed by atoms with van der Waals surface area (Å²) < 4.78 is 2.56. The van der Waals surface area contributed by atoms with Crippen molar-refractivity contribution in [3.05, 3.63) is 129 Å². The number of hydrogen-bond acceptors (Lipinski definition) is 2. The van der Waals surface area contributed by atoms with E-state index in [9.17, 15) is 0 Å². The summed E-state index contributed by atoms with van der Waals surface area (Å²) in [6, 6.07) is 34.0. The first-order valence-electron chi connectivity index (χ1n) is 16.8. The number of para-hydroxylation sites is 1. The predicted octanol–water partition coefficient (Wildman–Crippen LogP) is 8.26. The van der Waals surface area contributed by atoms with E-state index in [1.807, 2.05) is 41.5 Å². The third-order valence-electron chi connectivity index (χ3n) is 7.60. The molecule has 0 unspecified atom stereocenters. The van der Waals surface area contributed by atoms with E-state index in [-0.39, 0.29) is 0 Å². The van der Waals surface area contributed by atoms with Crippen LogP contribution in [0.15, 0.2) is 91.0 Å². The summed E-state index contributed by atoms with van der Waals surface area (Å²) >= 11 is 0. The van der Waals surface area contributed by atoms with Crippen LogP contribution in [0.1, 0.15) is 75.8 Å². The second-order valence-corrected chi connectivity index (χ2v) is 11.0. The SMILES string of the molecule is CC.CC.CC.Cc1ccc(C(c2ccc(N(C)C)cc2)=c2ccc3c(c2)CCc2ccccc2[N+]=3CCCN(C)C)cc1. The van der Waals surface area contributed by atoms with Crippen molar-refractivity contribution in [2.45, 2.75) is 67.7 Å². The molecule has 0 atom stereocenters. The first kappa shape index (κ1) is 36.5. The lowest BCUT2D eigenvalue weighted by molar-refractivity contribution is 0.394. The van der Waals surface area contributed by atoms with Gasteiger partial charge in [-0.1, -0.05) is 102 Å². The molecule has 1 heterocycles. The number of benzene rings is 4. The molecule has 44 heavy (non-hydrogen) atoms. The topological polar surface area (TPSA) is 9.49 Å². The largest absolute Gasteiger partial charge is 0.378 e. The number of aryl methyl sites for hydroxylation is 3. The van der Waals surface area contributed by atoms with Crippen LogP contribution in [0.2, 0.25) is 0 Å². The monoisotopic (exact) mass is 592 g/mol. The van der Waals surface area contributed by atoms with Gasteiger partial charge in [0.1, 0.15) is 0 Å². The Morgan fingerprint density at radius 3 is 1.82 bits per heavy atom. The van der Waals surface area contributed by atoms with Gasteiger partial charge >= 0.3 is 0 Å². The molecule has 5 rings (SSSR count). The molecule has 0 radical (unpaired) electrons. The van der Waals surface area contributed by atoms with Crippen molar-refractivity contribution in [2.75, 3.05) is 46.2 Å². The molecule has 1 aliphatic heterocycles. The molecule has 0 fully saturated rings. The van der Waals surface area contributed by atoms with Gasteiger partial charge in [-0.2, -0.15) is 4.58 Å². The van der Waals surface area contributed by atoms with Gasteiger partial charge in [0.2, 0.25) is 11.0 Å². The summed E-state index contributed by atoms with van der Waals surface area (Å²) in [4.78, 5) is 4.43. The average Bonchev–Trinajstić information content (AvgIpc) is 3.22. The van der Waals surface area contributed by atoms with Crippen LogP contribution in [0.3, 0.4) is 0 Å². The molecule has 0 saturated heterocycles. The number of hydrogen-bond donors (Lipinski definition) is 0. The van der Waals surface area contributed by atoms with Crippen LogP contribution in [0.4, 0.5) is 11.4 Å². The summed E-state index contributed by atoms with van der Waals surface area (Å²) in [5, 5.41) is 2.63. The van der Waals surface area contributed by atoms with Gasteiger partial charge in [0.05, 0.1) is 0 Å². The van der Waals surface area contributed by atoms with Gasteiger partial charge in [-0.3, -0.25) is 0 Å². The number of rotatable bonds is 7. The van der Waals surface area contributed by atoms with Crippen molar-refractivity contribution in [1.82, 2.24) is 9.48 Å². The summed E-state index contributed by atoms with van der Waals surface area (Å²) in [5.74, 6) is 0. The summed E-state index contributed by atoms with van der Waals surface area (Å²) in [6.45, 7) is 16.3. The maximum atomic E-state index is 2.56.